The SMILES string of the molecule is CCCCCCCCCCCC(=O)N1CCN(C(=O)C(NC(=O)CC(C)CC(C)(C)C)C(C)C)CC1. The molecule has 1 fully saturated rings. The highest BCUT2D eigenvalue weighted by Gasteiger charge is 2.32. The van der Waals surface area contributed by atoms with E-state index >= 15 is 0 Å². The predicted octanol–water partition coefficient (Wildman–Crippen LogP) is 6.18. The van der Waals surface area contributed by atoms with Crippen LogP contribution < -0.4 is 5.32 Å². The van der Waals surface area contributed by atoms with Crippen LogP contribution in [0.15, 0.2) is 0 Å². The first-order chi connectivity index (χ1) is 16.9. The summed E-state index contributed by atoms with van der Waals surface area (Å²) in [5.74, 6) is 0.437. The number of carbonyl (C=O) groups is 3. The van der Waals surface area contributed by atoms with Gasteiger partial charge in [-0.25, -0.2) is 0 Å². The molecule has 6 heteroatoms. The molecule has 1 saturated heterocycles. The average Bonchev–Trinajstić information content (AvgIpc) is 2.79. The smallest absolute Gasteiger partial charge is 0.245 e. The first-order valence-electron chi connectivity index (χ1n) is 14.8. The molecular formula is C30H57N3O3. The van der Waals surface area contributed by atoms with Gasteiger partial charge in [-0.05, 0) is 30.1 Å². The van der Waals surface area contributed by atoms with Gasteiger partial charge in [-0.1, -0.05) is 99.8 Å². The number of carbonyl (C=O) groups excluding carboxylic acids is 3. The number of unbranched alkanes of at least 4 members (excludes halogenated alkanes) is 8. The molecule has 6 nitrogen and oxygen atoms in total. The summed E-state index contributed by atoms with van der Waals surface area (Å²) in [4.78, 5) is 42.3. The van der Waals surface area contributed by atoms with E-state index in [0.717, 1.165) is 19.3 Å². The van der Waals surface area contributed by atoms with E-state index in [-0.39, 0.29) is 35.0 Å². The Hall–Kier alpha value is -1.59. The molecule has 36 heavy (non-hydrogen) atoms. The predicted molar refractivity (Wildman–Crippen MR) is 150 cm³/mol. The minimum atomic E-state index is -0.511. The molecule has 2 atom stereocenters. The van der Waals surface area contributed by atoms with Crippen LogP contribution in [0.4, 0.5) is 0 Å². The topological polar surface area (TPSA) is 69.7 Å². The van der Waals surface area contributed by atoms with Crippen molar-refractivity contribution in [3.8, 4) is 0 Å². The molecule has 3 amide bonds. The third-order valence-corrected chi connectivity index (χ3v) is 7.18. The maximum absolute atomic E-state index is 13.2. The van der Waals surface area contributed by atoms with Crippen molar-refractivity contribution in [1.29, 1.82) is 0 Å². The molecule has 0 radical (unpaired) electrons. The molecule has 1 heterocycles. The zero-order chi connectivity index (χ0) is 27.1. The molecule has 1 N–H and O–H groups in total. The number of nitrogens with one attached hydrogen (secondary N) is 1. The summed E-state index contributed by atoms with van der Waals surface area (Å²) in [5.41, 5.74) is 0.179. The van der Waals surface area contributed by atoms with Crippen LogP contribution in [0.25, 0.3) is 0 Å². The molecule has 1 rings (SSSR count). The fourth-order valence-electron chi connectivity index (χ4n) is 5.30. The Balaban J connectivity index is 2.36. The van der Waals surface area contributed by atoms with Gasteiger partial charge in [-0.2, -0.15) is 0 Å². The molecule has 0 aromatic carbocycles. The van der Waals surface area contributed by atoms with Crippen LogP contribution >= 0.6 is 0 Å². The van der Waals surface area contributed by atoms with Crippen LogP contribution in [0.1, 0.15) is 126 Å². The van der Waals surface area contributed by atoms with Crippen molar-refractivity contribution in [3.63, 3.8) is 0 Å². The third-order valence-electron chi connectivity index (χ3n) is 7.18. The van der Waals surface area contributed by atoms with E-state index in [1.54, 1.807) is 0 Å². The van der Waals surface area contributed by atoms with Gasteiger partial charge in [0.1, 0.15) is 6.04 Å². The number of hydrogen-bond acceptors (Lipinski definition) is 3. The highest BCUT2D eigenvalue weighted by atomic mass is 16.2. The molecule has 1 aliphatic heterocycles. The second-order valence-corrected chi connectivity index (χ2v) is 12.6. The summed E-state index contributed by atoms with van der Waals surface area (Å²) in [5, 5.41) is 3.01. The van der Waals surface area contributed by atoms with Gasteiger partial charge in [0, 0.05) is 39.0 Å². The fraction of sp³-hybridized carbons (Fsp3) is 0.900. The summed E-state index contributed by atoms with van der Waals surface area (Å²) in [6.07, 6.45) is 13.2. The Morgan fingerprint density at radius 2 is 1.28 bits per heavy atom. The lowest BCUT2D eigenvalue weighted by Gasteiger charge is -2.37. The van der Waals surface area contributed by atoms with E-state index in [2.05, 4.69) is 39.9 Å². The van der Waals surface area contributed by atoms with Crippen LogP contribution in [0, 0.1) is 17.3 Å². The molecule has 0 aromatic heterocycles. The Bertz CT molecular complexity index is 648. The number of rotatable bonds is 16. The van der Waals surface area contributed by atoms with E-state index in [0.29, 0.717) is 39.0 Å². The highest BCUT2D eigenvalue weighted by molar-refractivity contribution is 5.88. The van der Waals surface area contributed by atoms with E-state index < -0.39 is 6.04 Å². The highest BCUT2D eigenvalue weighted by Crippen LogP contribution is 2.26. The van der Waals surface area contributed by atoms with Crippen LogP contribution in [0.5, 0.6) is 0 Å². The molecule has 0 bridgehead atoms. The lowest BCUT2D eigenvalue weighted by molar-refractivity contribution is -0.143. The number of amides is 3. The van der Waals surface area contributed by atoms with Gasteiger partial charge >= 0.3 is 0 Å². The van der Waals surface area contributed by atoms with Crippen molar-refractivity contribution >= 4 is 17.7 Å². The maximum atomic E-state index is 13.2. The van der Waals surface area contributed by atoms with Gasteiger partial charge in [0.05, 0.1) is 0 Å². The van der Waals surface area contributed by atoms with Gasteiger partial charge in [0.15, 0.2) is 0 Å². The van der Waals surface area contributed by atoms with Gasteiger partial charge in [-0.3, -0.25) is 14.4 Å². The summed E-state index contributed by atoms with van der Waals surface area (Å²) < 4.78 is 0. The van der Waals surface area contributed by atoms with Crippen molar-refractivity contribution in [2.24, 2.45) is 17.3 Å². The van der Waals surface area contributed by atoms with E-state index in [4.69, 9.17) is 0 Å². The molecule has 0 saturated carbocycles. The van der Waals surface area contributed by atoms with Crippen LogP contribution in [-0.2, 0) is 14.4 Å². The molecule has 210 valence electrons. The molecule has 1 aliphatic rings. The van der Waals surface area contributed by atoms with Gasteiger partial charge < -0.3 is 15.1 Å². The second kappa shape index (κ2) is 17.0. The Morgan fingerprint density at radius 3 is 1.78 bits per heavy atom. The van der Waals surface area contributed by atoms with Crippen molar-refractivity contribution in [2.45, 2.75) is 132 Å². The minimum absolute atomic E-state index is 0.0191. The van der Waals surface area contributed by atoms with Gasteiger partial charge in [0.25, 0.3) is 0 Å². The van der Waals surface area contributed by atoms with Gasteiger partial charge in [-0.15, -0.1) is 0 Å². The summed E-state index contributed by atoms with van der Waals surface area (Å²) >= 11 is 0. The van der Waals surface area contributed by atoms with Crippen LogP contribution in [0.2, 0.25) is 0 Å². The zero-order valence-corrected chi connectivity index (χ0v) is 24.7. The monoisotopic (exact) mass is 507 g/mol. The normalized spacial score (nSPS) is 16.2. The largest absolute Gasteiger partial charge is 0.344 e. The maximum Gasteiger partial charge on any atom is 0.245 e. The van der Waals surface area contributed by atoms with Crippen LogP contribution in [-0.4, -0.2) is 59.7 Å². The van der Waals surface area contributed by atoms with E-state index in [9.17, 15) is 14.4 Å². The fourth-order valence-corrected chi connectivity index (χ4v) is 5.30. The lowest BCUT2D eigenvalue weighted by Crippen LogP contribution is -2.57. The summed E-state index contributed by atoms with van der Waals surface area (Å²) in [7, 11) is 0. The zero-order valence-electron chi connectivity index (χ0n) is 24.7. The lowest BCUT2D eigenvalue weighted by atomic mass is 9.84. The third kappa shape index (κ3) is 13.6. The van der Waals surface area contributed by atoms with Crippen molar-refractivity contribution in [1.82, 2.24) is 15.1 Å². The Labute approximate surface area is 222 Å². The number of hydrogen-bond donors (Lipinski definition) is 1. The minimum Gasteiger partial charge on any atom is -0.344 e. The van der Waals surface area contributed by atoms with E-state index in [1.807, 2.05) is 23.6 Å². The van der Waals surface area contributed by atoms with Crippen LogP contribution in [0.3, 0.4) is 0 Å². The standard InChI is InChI=1S/C30H57N3O3/c1-8-9-10-11-12-13-14-15-16-17-27(35)32-18-20-33(21-19-32)29(36)28(24(2)3)31-26(34)22-25(4)23-30(5,6)7/h24-25,28H,8-23H2,1-7H3,(H,31,34). The van der Waals surface area contributed by atoms with Crippen molar-refractivity contribution < 1.29 is 14.4 Å². The molecule has 2 unspecified atom stereocenters. The molecular weight excluding hydrogens is 450 g/mol. The summed E-state index contributed by atoms with van der Waals surface area (Å²) in [6, 6.07) is -0.511. The Kier molecular flexibility index (Phi) is 15.3. The van der Waals surface area contributed by atoms with E-state index in [1.165, 1.54) is 44.9 Å². The molecule has 0 spiro atoms. The molecule has 0 aromatic rings. The first kappa shape index (κ1) is 32.4. The Morgan fingerprint density at radius 1 is 0.778 bits per heavy atom. The number of nitrogens with zero attached hydrogens (tertiary/aromatic N) is 2. The molecule has 0 aliphatic carbocycles. The summed E-state index contributed by atoms with van der Waals surface area (Å²) in [6.45, 7) is 17.1. The first-order valence-corrected chi connectivity index (χ1v) is 14.8. The van der Waals surface area contributed by atoms with Gasteiger partial charge in [0.2, 0.25) is 17.7 Å². The average molecular weight is 508 g/mol. The van der Waals surface area contributed by atoms with Crippen molar-refractivity contribution in [2.75, 3.05) is 26.2 Å². The quantitative estimate of drug-likeness (QED) is 0.254. The number of piperazine rings is 1. The van der Waals surface area contributed by atoms with Crippen molar-refractivity contribution in [3.05, 3.63) is 0 Å². The second-order valence-electron chi connectivity index (χ2n) is 12.6.